The molecule has 0 N–H and O–H groups in total. The SMILES string of the molecule is COc1ccc2nc(-c3ccc(-n4cncc4-c4cc(OC)c(OC)c(OC)c4)cc3)sc2c1. The van der Waals surface area contributed by atoms with E-state index < -0.39 is 0 Å². The third-order valence-corrected chi connectivity index (χ3v) is 6.65. The second-order valence-electron chi connectivity index (χ2n) is 7.46. The van der Waals surface area contributed by atoms with E-state index in [9.17, 15) is 0 Å². The molecule has 172 valence electrons. The molecule has 0 aliphatic carbocycles. The third-order valence-electron chi connectivity index (χ3n) is 5.59. The summed E-state index contributed by atoms with van der Waals surface area (Å²) in [5.74, 6) is 2.56. The van der Waals surface area contributed by atoms with Crippen LogP contribution < -0.4 is 18.9 Å². The number of imidazole rings is 1. The van der Waals surface area contributed by atoms with E-state index in [1.807, 2.05) is 41.1 Å². The van der Waals surface area contributed by atoms with Crippen molar-refractivity contribution < 1.29 is 18.9 Å². The van der Waals surface area contributed by atoms with Crippen LogP contribution >= 0.6 is 11.3 Å². The highest BCUT2D eigenvalue weighted by atomic mass is 32.1. The fraction of sp³-hybridized carbons (Fsp3) is 0.154. The minimum Gasteiger partial charge on any atom is -0.497 e. The number of hydrogen-bond acceptors (Lipinski definition) is 7. The van der Waals surface area contributed by atoms with E-state index in [4.69, 9.17) is 23.9 Å². The maximum Gasteiger partial charge on any atom is 0.203 e. The number of hydrogen-bond donors (Lipinski definition) is 0. The highest BCUT2D eigenvalue weighted by Crippen LogP contribution is 2.41. The van der Waals surface area contributed by atoms with E-state index in [1.54, 1.807) is 46.1 Å². The Kier molecular flexibility index (Phi) is 5.81. The zero-order valence-electron chi connectivity index (χ0n) is 19.2. The van der Waals surface area contributed by atoms with E-state index in [2.05, 4.69) is 29.2 Å². The Bertz CT molecular complexity index is 1430. The van der Waals surface area contributed by atoms with E-state index in [0.29, 0.717) is 17.2 Å². The second kappa shape index (κ2) is 9.07. The van der Waals surface area contributed by atoms with Crippen LogP contribution in [0.3, 0.4) is 0 Å². The largest absolute Gasteiger partial charge is 0.497 e. The fourth-order valence-electron chi connectivity index (χ4n) is 3.86. The van der Waals surface area contributed by atoms with Crippen LogP contribution in [0.5, 0.6) is 23.0 Å². The number of methoxy groups -OCH3 is 4. The van der Waals surface area contributed by atoms with Crippen LogP contribution in [-0.2, 0) is 0 Å². The van der Waals surface area contributed by atoms with Crippen LogP contribution in [-0.4, -0.2) is 43.0 Å². The van der Waals surface area contributed by atoms with Crippen molar-refractivity contribution in [1.29, 1.82) is 0 Å². The van der Waals surface area contributed by atoms with Gasteiger partial charge in [-0.1, -0.05) is 0 Å². The molecule has 0 unspecified atom stereocenters. The highest BCUT2D eigenvalue weighted by Gasteiger charge is 2.17. The van der Waals surface area contributed by atoms with Gasteiger partial charge in [0.05, 0.1) is 56.9 Å². The van der Waals surface area contributed by atoms with Gasteiger partial charge in [0.2, 0.25) is 5.75 Å². The van der Waals surface area contributed by atoms with Crippen molar-refractivity contribution in [3.63, 3.8) is 0 Å². The molecule has 0 saturated heterocycles. The maximum absolute atomic E-state index is 5.52. The summed E-state index contributed by atoms with van der Waals surface area (Å²) in [6, 6.07) is 18.0. The Morgan fingerprint density at radius 2 is 1.50 bits per heavy atom. The summed E-state index contributed by atoms with van der Waals surface area (Å²) in [4.78, 5) is 9.16. The molecule has 0 spiro atoms. The predicted molar refractivity (Wildman–Crippen MR) is 134 cm³/mol. The Hall–Kier alpha value is -4.04. The van der Waals surface area contributed by atoms with Crippen LogP contribution in [0.4, 0.5) is 0 Å². The molecule has 0 fully saturated rings. The number of rotatable bonds is 7. The first-order valence-corrected chi connectivity index (χ1v) is 11.3. The van der Waals surface area contributed by atoms with Crippen molar-refractivity contribution in [1.82, 2.24) is 14.5 Å². The predicted octanol–water partition coefficient (Wildman–Crippen LogP) is 5.85. The molecular formula is C26H23N3O4S. The number of benzene rings is 3. The molecule has 8 heteroatoms. The van der Waals surface area contributed by atoms with E-state index in [-0.39, 0.29) is 0 Å². The molecular weight excluding hydrogens is 450 g/mol. The number of thiazole rings is 1. The molecule has 2 aromatic heterocycles. The number of aromatic nitrogens is 3. The topological polar surface area (TPSA) is 67.6 Å². The lowest BCUT2D eigenvalue weighted by atomic mass is 10.1. The van der Waals surface area contributed by atoms with Crippen LogP contribution in [0.2, 0.25) is 0 Å². The molecule has 7 nitrogen and oxygen atoms in total. The highest BCUT2D eigenvalue weighted by molar-refractivity contribution is 7.21. The Balaban J connectivity index is 1.50. The van der Waals surface area contributed by atoms with Gasteiger partial charge >= 0.3 is 0 Å². The van der Waals surface area contributed by atoms with Gasteiger partial charge in [0, 0.05) is 16.8 Å². The zero-order chi connectivity index (χ0) is 23.7. The quantitative estimate of drug-likeness (QED) is 0.295. The van der Waals surface area contributed by atoms with Crippen LogP contribution in [0.1, 0.15) is 0 Å². The fourth-order valence-corrected chi connectivity index (χ4v) is 4.86. The van der Waals surface area contributed by atoms with E-state index in [0.717, 1.165) is 43.5 Å². The molecule has 0 aliphatic heterocycles. The monoisotopic (exact) mass is 473 g/mol. The minimum absolute atomic E-state index is 0.553. The van der Waals surface area contributed by atoms with Crippen LogP contribution in [0, 0.1) is 0 Å². The summed E-state index contributed by atoms with van der Waals surface area (Å²) in [6.45, 7) is 0. The maximum atomic E-state index is 5.52. The van der Waals surface area contributed by atoms with Crippen LogP contribution in [0.15, 0.2) is 67.1 Å². The van der Waals surface area contributed by atoms with Gasteiger partial charge in [-0.05, 0) is 54.6 Å². The lowest BCUT2D eigenvalue weighted by Gasteiger charge is -2.15. The Morgan fingerprint density at radius 1 is 0.765 bits per heavy atom. The Labute approximate surface area is 201 Å². The molecule has 2 heterocycles. The molecule has 0 atom stereocenters. The molecule has 0 amide bonds. The normalized spacial score (nSPS) is 10.9. The molecule has 0 saturated carbocycles. The summed E-state index contributed by atoms with van der Waals surface area (Å²) >= 11 is 1.64. The first kappa shape index (κ1) is 21.8. The number of fused-ring (bicyclic) bond motifs is 1. The van der Waals surface area contributed by atoms with Gasteiger partial charge < -0.3 is 18.9 Å². The molecule has 0 bridgehead atoms. The van der Waals surface area contributed by atoms with Gasteiger partial charge in [-0.25, -0.2) is 9.97 Å². The van der Waals surface area contributed by atoms with Gasteiger partial charge in [-0.15, -0.1) is 11.3 Å². The van der Waals surface area contributed by atoms with E-state index in [1.165, 1.54) is 0 Å². The van der Waals surface area contributed by atoms with Gasteiger partial charge in [-0.3, -0.25) is 4.57 Å². The standard InChI is InChI=1S/C26H23N3O4S/c1-30-19-9-10-20-24(13-19)34-26(28-20)16-5-7-18(8-6-16)29-15-27-14-21(29)17-11-22(31-2)25(33-4)23(12-17)32-3/h5-15H,1-4H3. The van der Waals surface area contributed by atoms with Crippen molar-refractivity contribution in [3.05, 3.63) is 67.1 Å². The molecule has 3 aromatic carbocycles. The molecule has 5 aromatic rings. The lowest BCUT2D eigenvalue weighted by molar-refractivity contribution is 0.324. The van der Waals surface area contributed by atoms with Gasteiger partial charge in [0.15, 0.2) is 11.5 Å². The summed E-state index contributed by atoms with van der Waals surface area (Å²) in [5, 5.41) is 0.963. The molecule has 0 radical (unpaired) electrons. The lowest BCUT2D eigenvalue weighted by Crippen LogP contribution is -1.98. The molecule has 34 heavy (non-hydrogen) atoms. The number of ether oxygens (including phenoxy) is 4. The summed E-state index contributed by atoms with van der Waals surface area (Å²) in [6.07, 6.45) is 3.60. The van der Waals surface area contributed by atoms with Gasteiger partial charge in [0.1, 0.15) is 10.8 Å². The third kappa shape index (κ3) is 3.82. The van der Waals surface area contributed by atoms with Gasteiger partial charge in [0.25, 0.3) is 0 Å². The van der Waals surface area contributed by atoms with E-state index >= 15 is 0 Å². The second-order valence-corrected chi connectivity index (χ2v) is 8.49. The first-order chi connectivity index (χ1) is 16.6. The Morgan fingerprint density at radius 3 is 2.15 bits per heavy atom. The van der Waals surface area contributed by atoms with Crippen molar-refractivity contribution in [2.45, 2.75) is 0 Å². The zero-order valence-corrected chi connectivity index (χ0v) is 20.1. The average molecular weight is 474 g/mol. The number of nitrogens with zero attached hydrogens (tertiary/aromatic N) is 3. The minimum atomic E-state index is 0.553. The van der Waals surface area contributed by atoms with Crippen LogP contribution in [0.25, 0.3) is 37.7 Å². The van der Waals surface area contributed by atoms with Crippen molar-refractivity contribution in [2.24, 2.45) is 0 Å². The smallest absolute Gasteiger partial charge is 0.203 e. The van der Waals surface area contributed by atoms with Crippen molar-refractivity contribution in [3.8, 4) is 50.5 Å². The first-order valence-electron chi connectivity index (χ1n) is 10.5. The average Bonchev–Trinajstić information content (AvgIpc) is 3.54. The summed E-state index contributed by atoms with van der Waals surface area (Å²) in [7, 11) is 6.47. The molecule has 5 rings (SSSR count). The molecule has 0 aliphatic rings. The summed E-state index contributed by atoms with van der Waals surface area (Å²) in [5.41, 5.74) is 4.80. The summed E-state index contributed by atoms with van der Waals surface area (Å²) < 4.78 is 24.9. The van der Waals surface area contributed by atoms with Crippen molar-refractivity contribution in [2.75, 3.05) is 28.4 Å². The van der Waals surface area contributed by atoms with Gasteiger partial charge in [-0.2, -0.15) is 0 Å². The van der Waals surface area contributed by atoms with Crippen molar-refractivity contribution >= 4 is 21.6 Å².